The van der Waals surface area contributed by atoms with Gasteiger partial charge in [-0.25, -0.2) is 4.68 Å². The molecule has 4 nitrogen and oxygen atoms in total. The van der Waals surface area contributed by atoms with Crippen molar-refractivity contribution in [3.05, 3.63) is 41.6 Å². The van der Waals surface area contributed by atoms with Crippen LogP contribution < -0.4 is 10.1 Å². The van der Waals surface area contributed by atoms with Crippen molar-refractivity contribution in [2.75, 3.05) is 19.0 Å². The van der Waals surface area contributed by atoms with E-state index in [4.69, 9.17) is 4.74 Å². The van der Waals surface area contributed by atoms with Gasteiger partial charge in [-0.15, -0.1) is 0 Å². The number of nitrogens with one attached hydrogen (secondary N) is 1. The van der Waals surface area contributed by atoms with E-state index in [-0.39, 0.29) is 0 Å². The van der Waals surface area contributed by atoms with Crippen LogP contribution in [0.25, 0.3) is 0 Å². The average molecular weight is 243 g/mol. The van der Waals surface area contributed by atoms with Crippen LogP contribution in [0.3, 0.4) is 0 Å². The summed E-state index contributed by atoms with van der Waals surface area (Å²) in [7, 11) is 1.70. The van der Waals surface area contributed by atoms with E-state index in [0.29, 0.717) is 5.92 Å². The fraction of sp³-hybridized carbons (Fsp3) is 0.357. The molecule has 0 saturated heterocycles. The third kappa shape index (κ3) is 1.94. The Kier molecular flexibility index (Phi) is 2.70. The van der Waals surface area contributed by atoms with E-state index in [9.17, 15) is 0 Å². The molecule has 1 unspecified atom stereocenters. The van der Waals surface area contributed by atoms with Crippen molar-refractivity contribution in [3.63, 3.8) is 0 Å². The number of fused-ring (bicyclic) bond motifs is 1. The Morgan fingerprint density at radius 3 is 3.11 bits per heavy atom. The fourth-order valence-corrected chi connectivity index (χ4v) is 2.45. The standard InChI is InChI=1S/C14H17N3O/c1-10-6-14-15-8-12(9-17(14)16-10)11-4-3-5-13(7-11)18-2/h3-7,12,15H,8-9H2,1-2H3. The Morgan fingerprint density at radius 2 is 2.28 bits per heavy atom. The monoisotopic (exact) mass is 243 g/mol. The van der Waals surface area contributed by atoms with Gasteiger partial charge in [-0.2, -0.15) is 5.10 Å². The zero-order valence-corrected chi connectivity index (χ0v) is 10.7. The zero-order chi connectivity index (χ0) is 12.5. The summed E-state index contributed by atoms with van der Waals surface area (Å²) in [6.07, 6.45) is 0. The Hall–Kier alpha value is -1.97. The SMILES string of the molecule is COc1cccc(C2CNc3cc(C)nn3C2)c1. The van der Waals surface area contributed by atoms with Crippen LogP contribution in [0.5, 0.6) is 5.75 Å². The minimum Gasteiger partial charge on any atom is -0.497 e. The van der Waals surface area contributed by atoms with Crippen LogP contribution in [-0.4, -0.2) is 23.4 Å². The van der Waals surface area contributed by atoms with Gasteiger partial charge in [0.05, 0.1) is 19.3 Å². The smallest absolute Gasteiger partial charge is 0.124 e. The molecule has 1 aliphatic heterocycles. The Bertz CT molecular complexity index is 562. The number of rotatable bonds is 2. The maximum Gasteiger partial charge on any atom is 0.124 e. The summed E-state index contributed by atoms with van der Waals surface area (Å²) in [5.41, 5.74) is 2.35. The molecular formula is C14H17N3O. The lowest BCUT2D eigenvalue weighted by Crippen LogP contribution is -2.26. The minimum atomic E-state index is 0.437. The summed E-state index contributed by atoms with van der Waals surface area (Å²) in [5.74, 6) is 2.47. The quantitative estimate of drug-likeness (QED) is 0.880. The molecule has 0 saturated carbocycles. The zero-order valence-electron chi connectivity index (χ0n) is 10.7. The van der Waals surface area contributed by atoms with Crippen molar-refractivity contribution in [2.24, 2.45) is 0 Å². The molecule has 3 rings (SSSR count). The van der Waals surface area contributed by atoms with Gasteiger partial charge in [-0.3, -0.25) is 0 Å². The summed E-state index contributed by atoms with van der Waals surface area (Å²) in [5, 5.41) is 7.92. The number of aromatic nitrogens is 2. The van der Waals surface area contributed by atoms with Gasteiger partial charge < -0.3 is 10.1 Å². The summed E-state index contributed by atoms with van der Waals surface area (Å²) in [4.78, 5) is 0. The first kappa shape index (κ1) is 11.1. The second-order valence-electron chi connectivity index (χ2n) is 4.71. The van der Waals surface area contributed by atoms with Crippen molar-refractivity contribution >= 4 is 5.82 Å². The normalized spacial score (nSPS) is 18.0. The molecule has 94 valence electrons. The number of benzene rings is 1. The van der Waals surface area contributed by atoms with E-state index in [1.54, 1.807) is 7.11 Å². The highest BCUT2D eigenvalue weighted by molar-refractivity contribution is 5.41. The van der Waals surface area contributed by atoms with Crippen LogP contribution in [0.2, 0.25) is 0 Å². The van der Waals surface area contributed by atoms with Crippen LogP contribution in [0.15, 0.2) is 30.3 Å². The predicted molar refractivity (Wildman–Crippen MR) is 71.2 cm³/mol. The molecule has 18 heavy (non-hydrogen) atoms. The van der Waals surface area contributed by atoms with E-state index in [1.807, 2.05) is 23.7 Å². The van der Waals surface area contributed by atoms with Gasteiger partial charge in [0.2, 0.25) is 0 Å². The molecule has 0 bridgehead atoms. The molecule has 0 fully saturated rings. The molecule has 0 amide bonds. The first-order valence-electron chi connectivity index (χ1n) is 6.18. The van der Waals surface area contributed by atoms with E-state index < -0.39 is 0 Å². The highest BCUT2D eigenvalue weighted by Crippen LogP contribution is 2.27. The molecule has 1 aliphatic rings. The summed E-state index contributed by atoms with van der Waals surface area (Å²) in [6.45, 7) is 3.88. The maximum absolute atomic E-state index is 5.28. The molecule has 1 atom stereocenters. The van der Waals surface area contributed by atoms with Gasteiger partial charge in [0, 0.05) is 18.5 Å². The van der Waals surface area contributed by atoms with Crippen LogP contribution in [0.4, 0.5) is 5.82 Å². The number of anilines is 1. The lowest BCUT2D eigenvalue weighted by molar-refractivity contribution is 0.412. The van der Waals surface area contributed by atoms with Crippen molar-refractivity contribution in [3.8, 4) is 5.75 Å². The molecule has 2 aromatic rings. The molecule has 2 heterocycles. The van der Waals surface area contributed by atoms with Crippen molar-refractivity contribution in [2.45, 2.75) is 19.4 Å². The lowest BCUT2D eigenvalue weighted by atomic mass is 9.97. The lowest BCUT2D eigenvalue weighted by Gasteiger charge is -2.25. The molecule has 0 aliphatic carbocycles. The number of ether oxygens (including phenoxy) is 1. The van der Waals surface area contributed by atoms with Gasteiger partial charge in [0.1, 0.15) is 11.6 Å². The number of hydrogen-bond donors (Lipinski definition) is 1. The predicted octanol–water partition coefficient (Wildman–Crippen LogP) is 2.41. The number of hydrogen-bond acceptors (Lipinski definition) is 3. The van der Waals surface area contributed by atoms with Crippen molar-refractivity contribution < 1.29 is 4.74 Å². The highest BCUT2D eigenvalue weighted by Gasteiger charge is 2.20. The third-order valence-corrected chi connectivity index (χ3v) is 3.39. The van der Waals surface area contributed by atoms with Gasteiger partial charge in [0.25, 0.3) is 0 Å². The molecule has 0 spiro atoms. The Labute approximate surface area is 107 Å². The second kappa shape index (κ2) is 4.37. The van der Waals surface area contributed by atoms with E-state index >= 15 is 0 Å². The number of nitrogens with zero attached hydrogens (tertiary/aromatic N) is 2. The topological polar surface area (TPSA) is 39.1 Å². The Balaban J connectivity index is 1.86. The van der Waals surface area contributed by atoms with Crippen LogP contribution >= 0.6 is 0 Å². The second-order valence-corrected chi connectivity index (χ2v) is 4.71. The fourth-order valence-electron chi connectivity index (χ4n) is 2.45. The Morgan fingerprint density at radius 1 is 1.39 bits per heavy atom. The van der Waals surface area contributed by atoms with Crippen molar-refractivity contribution in [1.82, 2.24) is 9.78 Å². The molecular weight excluding hydrogens is 226 g/mol. The van der Waals surface area contributed by atoms with Crippen molar-refractivity contribution in [1.29, 1.82) is 0 Å². The highest BCUT2D eigenvalue weighted by atomic mass is 16.5. The summed E-state index contributed by atoms with van der Waals surface area (Å²) >= 11 is 0. The van der Waals surface area contributed by atoms with Crippen LogP contribution in [0.1, 0.15) is 17.2 Å². The molecule has 1 N–H and O–H groups in total. The molecule has 1 aromatic heterocycles. The largest absolute Gasteiger partial charge is 0.497 e. The van der Waals surface area contributed by atoms with E-state index in [1.165, 1.54) is 5.56 Å². The van der Waals surface area contributed by atoms with Gasteiger partial charge in [0.15, 0.2) is 0 Å². The van der Waals surface area contributed by atoms with Gasteiger partial charge >= 0.3 is 0 Å². The van der Waals surface area contributed by atoms with E-state index in [0.717, 1.165) is 30.4 Å². The first-order chi connectivity index (χ1) is 8.76. The summed E-state index contributed by atoms with van der Waals surface area (Å²) in [6, 6.07) is 10.4. The summed E-state index contributed by atoms with van der Waals surface area (Å²) < 4.78 is 7.32. The van der Waals surface area contributed by atoms with Gasteiger partial charge in [-0.1, -0.05) is 12.1 Å². The maximum atomic E-state index is 5.28. The molecule has 1 aromatic carbocycles. The number of aryl methyl sites for hydroxylation is 1. The molecule has 4 heteroatoms. The van der Waals surface area contributed by atoms with Crippen LogP contribution in [-0.2, 0) is 6.54 Å². The third-order valence-electron chi connectivity index (χ3n) is 3.39. The van der Waals surface area contributed by atoms with Gasteiger partial charge in [-0.05, 0) is 24.6 Å². The minimum absolute atomic E-state index is 0.437. The van der Waals surface area contributed by atoms with E-state index in [2.05, 4.69) is 28.6 Å². The molecule has 0 radical (unpaired) electrons. The first-order valence-corrected chi connectivity index (χ1v) is 6.18. The van der Waals surface area contributed by atoms with Crippen LogP contribution in [0, 0.1) is 6.92 Å². The number of methoxy groups -OCH3 is 1. The average Bonchev–Trinajstić information content (AvgIpc) is 2.77.